The quantitative estimate of drug-likeness (QED) is 0.765. The van der Waals surface area contributed by atoms with Gasteiger partial charge in [0.2, 0.25) is 0 Å². The lowest BCUT2D eigenvalue weighted by Crippen LogP contribution is -1.95. The first-order valence-corrected chi connectivity index (χ1v) is 2.57. The van der Waals surface area contributed by atoms with Gasteiger partial charge in [0.15, 0.2) is 0 Å². The molecule has 1 rings (SSSR count). The number of oxazole rings is 1. The summed E-state index contributed by atoms with van der Waals surface area (Å²) in [5, 5.41) is 2.91. The largest absolute Gasteiger partial charge is 0.432 e. The first kappa shape index (κ1) is 12.3. The number of anilines is 1. The second-order valence-corrected chi connectivity index (χ2v) is 1.37. The van der Waals surface area contributed by atoms with Crippen LogP contribution in [0.5, 0.6) is 0 Å². The Bertz CT molecular complexity index is 143. The van der Waals surface area contributed by atoms with Gasteiger partial charge < -0.3 is 9.73 Å². The molecule has 0 amide bonds. The van der Waals surface area contributed by atoms with Crippen LogP contribution in [0.25, 0.3) is 0 Å². The summed E-state index contributed by atoms with van der Waals surface area (Å²) in [6.07, 6.45) is 3.15. The monoisotopic (exact) mass is 184 g/mol. The van der Waals surface area contributed by atoms with E-state index >= 15 is 0 Å². The third kappa shape index (κ3) is 3.58. The molecule has 0 radical (unpaired) electrons. The van der Waals surface area contributed by atoms with Crippen molar-refractivity contribution in [3.05, 3.63) is 12.5 Å². The fraction of sp³-hybridized carbons (Fsp3) is 0.400. The molecule has 10 heavy (non-hydrogen) atoms. The van der Waals surface area contributed by atoms with Gasteiger partial charge in [-0.05, 0) is 6.92 Å². The predicted octanol–water partition coefficient (Wildman–Crippen LogP) is 1.95. The van der Waals surface area contributed by atoms with Gasteiger partial charge in [-0.2, -0.15) is 0 Å². The summed E-state index contributed by atoms with van der Waals surface area (Å²) in [5.41, 5.74) is 0. The van der Waals surface area contributed by atoms with Crippen LogP contribution in [0.3, 0.4) is 0 Å². The molecular weight excluding hydrogens is 175 g/mol. The predicted molar refractivity (Wildman–Crippen MR) is 45.2 cm³/mol. The van der Waals surface area contributed by atoms with Crippen LogP contribution in [0.4, 0.5) is 6.01 Å². The molecule has 1 aromatic rings. The lowest BCUT2D eigenvalue weighted by Gasteiger charge is -1.90. The molecule has 0 fully saturated rings. The zero-order valence-electron chi connectivity index (χ0n) is 5.53. The highest BCUT2D eigenvalue weighted by molar-refractivity contribution is 5.85. The zero-order chi connectivity index (χ0) is 5.82. The molecule has 1 N–H and O–H groups in total. The Morgan fingerprint density at radius 2 is 2.30 bits per heavy atom. The van der Waals surface area contributed by atoms with E-state index in [0.717, 1.165) is 6.54 Å². The molecule has 0 aliphatic rings. The van der Waals surface area contributed by atoms with E-state index in [9.17, 15) is 0 Å². The minimum Gasteiger partial charge on any atom is -0.432 e. The van der Waals surface area contributed by atoms with Crippen LogP contribution in [-0.2, 0) is 0 Å². The Morgan fingerprint density at radius 1 is 1.60 bits per heavy atom. The van der Waals surface area contributed by atoms with Gasteiger partial charge in [0.25, 0.3) is 6.01 Å². The average Bonchev–Trinajstić information content (AvgIpc) is 2.19. The Morgan fingerprint density at radius 3 is 2.70 bits per heavy atom. The summed E-state index contributed by atoms with van der Waals surface area (Å²) in [7, 11) is 0. The molecule has 60 valence electrons. The molecule has 5 heteroatoms. The van der Waals surface area contributed by atoms with Crippen molar-refractivity contribution in [1.82, 2.24) is 4.98 Å². The van der Waals surface area contributed by atoms with Crippen molar-refractivity contribution >= 4 is 30.8 Å². The van der Waals surface area contributed by atoms with E-state index in [1.165, 1.54) is 6.26 Å². The van der Waals surface area contributed by atoms with E-state index in [4.69, 9.17) is 4.42 Å². The number of hydrogen-bond acceptors (Lipinski definition) is 3. The first-order valence-electron chi connectivity index (χ1n) is 2.57. The van der Waals surface area contributed by atoms with Gasteiger partial charge in [-0.1, -0.05) is 0 Å². The molecule has 1 aromatic heterocycles. The molecule has 1 heterocycles. The van der Waals surface area contributed by atoms with E-state index in [1.54, 1.807) is 6.20 Å². The van der Waals surface area contributed by atoms with E-state index in [-0.39, 0.29) is 24.8 Å². The summed E-state index contributed by atoms with van der Waals surface area (Å²) in [6.45, 7) is 2.84. The number of nitrogens with one attached hydrogen (secondary N) is 1. The third-order valence-electron chi connectivity index (χ3n) is 0.760. The number of hydrogen-bond donors (Lipinski definition) is 1. The van der Waals surface area contributed by atoms with Gasteiger partial charge in [0.05, 0.1) is 6.20 Å². The Hall–Kier alpha value is -0.410. The van der Waals surface area contributed by atoms with Crippen molar-refractivity contribution in [3.63, 3.8) is 0 Å². The van der Waals surface area contributed by atoms with Gasteiger partial charge in [-0.3, -0.25) is 0 Å². The highest BCUT2D eigenvalue weighted by Gasteiger charge is 1.88. The van der Waals surface area contributed by atoms with Gasteiger partial charge in [-0.25, -0.2) is 4.98 Å². The van der Waals surface area contributed by atoms with E-state index in [0.29, 0.717) is 6.01 Å². The maximum Gasteiger partial charge on any atom is 0.294 e. The summed E-state index contributed by atoms with van der Waals surface area (Å²) < 4.78 is 4.85. The summed E-state index contributed by atoms with van der Waals surface area (Å²) in [6, 6.07) is 0.590. The molecule has 0 saturated heterocycles. The molecule has 0 aliphatic heterocycles. The molecule has 3 nitrogen and oxygen atoms in total. The maximum atomic E-state index is 4.85. The normalized spacial score (nSPS) is 7.30. The molecular formula is C5H10Cl2N2O. The number of rotatable bonds is 2. The molecule has 0 unspecified atom stereocenters. The van der Waals surface area contributed by atoms with Crippen molar-refractivity contribution in [2.24, 2.45) is 0 Å². The summed E-state index contributed by atoms with van der Waals surface area (Å²) >= 11 is 0. The lowest BCUT2D eigenvalue weighted by molar-refractivity contribution is 0.572. The first-order chi connectivity index (χ1) is 3.93. The van der Waals surface area contributed by atoms with Crippen LogP contribution < -0.4 is 5.32 Å². The molecule has 0 bridgehead atoms. The van der Waals surface area contributed by atoms with Gasteiger partial charge in [-0.15, -0.1) is 24.8 Å². The standard InChI is InChI=1S/C5H8N2O.2ClH/c1-2-6-5-7-3-4-8-5;;/h3-4H,2H2,1H3,(H,6,7);2*1H. The van der Waals surface area contributed by atoms with Crippen molar-refractivity contribution in [1.29, 1.82) is 0 Å². The van der Waals surface area contributed by atoms with Crippen LogP contribution >= 0.6 is 24.8 Å². The molecule has 0 atom stereocenters. The minimum absolute atomic E-state index is 0. The molecule has 0 aromatic carbocycles. The Kier molecular flexibility index (Phi) is 8.24. The second kappa shape index (κ2) is 6.71. The van der Waals surface area contributed by atoms with Gasteiger partial charge in [0, 0.05) is 6.54 Å². The van der Waals surface area contributed by atoms with E-state index in [2.05, 4.69) is 10.3 Å². The van der Waals surface area contributed by atoms with Gasteiger partial charge in [0.1, 0.15) is 6.26 Å². The molecule has 0 aliphatic carbocycles. The van der Waals surface area contributed by atoms with E-state index in [1.807, 2.05) is 6.92 Å². The highest BCUT2D eigenvalue weighted by atomic mass is 35.5. The zero-order valence-corrected chi connectivity index (χ0v) is 7.17. The van der Waals surface area contributed by atoms with E-state index < -0.39 is 0 Å². The summed E-state index contributed by atoms with van der Waals surface area (Å²) in [4.78, 5) is 3.83. The van der Waals surface area contributed by atoms with Crippen LogP contribution in [0.2, 0.25) is 0 Å². The number of halogens is 2. The number of nitrogens with zero attached hydrogens (tertiary/aromatic N) is 1. The fourth-order valence-corrected chi connectivity index (χ4v) is 0.462. The molecule has 0 spiro atoms. The van der Waals surface area contributed by atoms with Crippen LogP contribution in [0, 0.1) is 0 Å². The van der Waals surface area contributed by atoms with Crippen molar-refractivity contribution in [3.8, 4) is 0 Å². The van der Waals surface area contributed by atoms with Crippen LogP contribution in [-0.4, -0.2) is 11.5 Å². The second-order valence-electron chi connectivity index (χ2n) is 1.37. The minimum atomic E-state index is 0. The average molecular weight is 185 g/mol. The fourth-order valence-electron chi connectivity index (χ4n) is 0.462. The van der Waals surface area contributed by atoms with Crippen LogP contribution in [0.15, 0.2) is 16.9 Å². The SMILES string of the molecule is CCNc1ncco1.Cl.Cl. The summed E-state index contributed by atoms with van der Waals surface area (Å²) in [5.74, 6) is 0. The van der Waals surface area contributed by atoms with Crippen molar-refractivity contribution in [2.45, 2.75) is 6.92 Å². The Labute approximate surface area is 72.0 Å². The van der Waals surface area contributed by atoms with Gasteiger partial charge >= 0.3 is 0 Å². The third-order valence-corrected chi connectivity index (χ3v) is 0.760. The number of aromatic nitrogens is 1. The lowest BCUT2D eigenvalue weighted by atomic mass is 10.7. The smallest absolute Gasteiger partial charge is 0.294 e. The van der Waals surface area contributed by atoms with Crippen molar-refractivity contribution in [2.75, 3.05) is 11.9 Å². The molecule has 0 saturated carbocycles. The highest BCUT2D eigenvalue weighted by Crippen LogP contribution is 1.98. The van der Waals surface area contributed by atoms with Crippen molar-refractivity contribution < 1.29 is 4.42 Å². The Balaban J connectivity index is 0. The topological polar surface area (TPSA) is 38.1 Å². The van der Waals surface area contributed by atoms with Crippen LogP contribution in [0.1, 0.15) is 6.92 Å². The maximum absolute atomic E-state index is 4.85.